The second kappa shape index (κ2) is 6.03. The summed E-state index contributed by atoms with van der Waals surface area (Å²) in [6, 6.07) is 8.85. The normalized spacial score (nSPS) is 62.4. The second-order valence-corrected chi connectivity index (χ2v) is 17.7. The van der Waals surface area contributed by atoms with E-state index in [4.69, 9.17) is 9.47 Å². The van der Waals surface area contributed by atoms with Crippen molar-refractivity contribution < 1.29 is 9.47 Å². The average Bonchev–Trinajstić information content (AvgIpc) is 3.83. The van der Waals surface area contributed by atoms with Crippen LogP contribution in [0.1, 0.15) is 69.9 Å². The van der Waals surface area contributed by atoms with Crippen molar-refractivity contribution in [1.82, 2.24) is 0 Å². The molecule has 41 heavy (non-hydrogen) atoms. The highest BCUT2D eigenvalue weighted by molar-refractivity contribution is 5.97. The highest BCUT2D eigenvalue weighted by Gasteiger charge is 2.96. The van der Waals surface area contributed by atoms with E-state index in [0.717, 1.165) is 82.5 Å². The molecule has 0 spiro atoms. The van der Waals surface area contributed by atoms with Crippen LogP contribution in [-0.2, 0) is 0 Å². The van der Waals surface area contributed by atoms with Crippen LogP contribution in [0, 0.1) is 92.7 Å². The van der Waals surface area contributed by atoms with Gasteiger partial charge in [0.25, 0.3) is 0 Å². The predicted molar refractivity (Wildman–Crippen MR) is 160 cm³/mol. The zero-order valence-electron chi connectivity index (χ0n) is 25.5. The van der Waals surface area contributed by atoms with Crippen LogP contribution in [0.3, 0.4) is 0 Å². The predicted octanol–water partition coefficient (Wildman–Crippen LogP) is 8.31. The fraction of sp³-hybridized carbons (Fsp3) is 0.692. The number of hydrogen-bond donors (Lipinski definition) is 0. The van der Waals surface area contributed by atoms with Crippen molar-refractivity contribution in [2.75, 3.05) is 14.2 Å². The average molecular weight is 545 g/mol. The molecule has 0 aliphatic heterocycles. The first-order chi connectivity index (χ1) is 19.8. The standard InChI is InChI=1S/C39H44O2/c1-36-26-16-11-12-17(13-16)27(26)37(36,2)31-23-15-22(30(31)36)32-33(23)39(4)29-21-14-20(28(29)38(32,39)3)24-25(21)35(41-6)19-10-8-7-9-18(19)34(24)40-5/h7-12,16-17,20-23,26-33H,13-15H2,1-6H3/t16-,17+,20-,21+,22+,23-,26+,27?,28-,29+,30-,31+,32+,33-,36+,37-,38-,39+/m0/s1. The van der Waals surface area contributed by atoms with Crippen molar-refractivity contribution in [2.45, 2.75) is 58.8 Å². The molecule has 2 heteroatoms. The minimum atomic E-state index is 0.508. The molecule has 212 valence electrons. The maximum Gasteiger partial charge on any atom is 0.130 e. The van der Waals surface area contributed by atoms with Crippen LogP contribution in [-0.4, -0.2) is 14.2 Å². The lowest BCUT2D eigenvalue weighted by atomic mass is 9.13. The van der Waals surface area contributed by atoms with Crippen LogP contribution in [0.25, 0.3) is 10.8 Å². The molecule has 18 atom stereocenters. The molecule has 0 heterocycles. The van der Waals surface area contributed by atoms with Gasteiger partial charge in [0, 0.05) is 21.9 Å². The largest absolute Gasteiger partial charge is 0.496 e. The number of benzene rings is 2. The van der Waals surface area contributed by atoms with Gasteiger partial charge < -0.3 is 9.47 Å². The first kappa shape index (κ1) is 22.6. The monoisotopic (exact) mass is 544 g/mol. The molecule has 2 aromatic carbocycles. The Morgan fingerprint density at radius 3 is 1.37 bits per heavy atom. The zero-order chi connectivity index (χ0) is 27.3. The first-order valence-electron chi connectivity index (χ1n) is 17.1. The summed E-state index contributed by atoms with van der Waals surface area (Å²) >= 11 is 0. The van der Waals surface area contributed by atoms with E-state index in [2.05, 4.69) is 64.1 Å². The van der Waals surface area contributed by atoms with E-state index in [-0.39, 0.29) is 0 Å². The summed E-state index contributed by atoms with van der Waals surface area (Å²) in [6.45, 7) is 11.2. The Bertz CT molecular complexity index is 1570. The number of rotatable bonds is 2. The van der Waals surface area contributed by atoms with Gasteiger partial charge in [-0.25, -0.2) is 0 Å². The minimum absolute atomic E-state index is 0.508. The molecule has 8 fully saturated rings. The van der Waals surface area contributed by atoms with Crippen LogP contribution in [0.2, 0.25) is 0 Å². The fourth-order valence-corrected chi connectivity index (χ4v) is 18.4. The minimum Gasteiger partial charge on any atom is -0.496 e. The van der Waals surface area contributed by atoms with E-state index < -0.39 is 0 Å². The summed E-state index contributed by atoms with van der Waals surface area (Å²) in [4.78, 5) is 0. The molecule has 2 aromatic rings. The van der Waals surface area contributed by atoms with Crippen molar-refractivity contribution in [1.29, 1.82) is 0 Å². The third-order valence-corrected chi connectivity index (χ3v) is 18.6. The van der Waals surface area contributed by atoms with Gasteiger partial charge in [-0.05, 0) is 124 Å². The van der Waals surface area contributed by atoms with Gasteiger partial charge in [0.1, 0.15) is 11.5 Å². The van der Waals surface area contributed by atoms with E-state index in [1.54, 1.807) is 17.5 Å². The van der Waals surface area contributed by atoms with Crippen molar-refractivity contribution in [3.8, 4) is 11.5 Å². The zero-order valence-corrected chi connectivity index (χ0v) is 25.5. The molecule has 1 unspecified atom stereocenters. The SMILES string of the molecule is COc1c2c(c(OC)c3ccccc13)[C@@H]1C[C@H]2[C@@H]2[C@H]1[C@@]1(C)[C@@H]3[C@@H]4C[C@H]([C@@H]3[C@@]21C)[C@@H]1[C@H]4[C@@]2(C)[C@H]3C([C@@H]4C=C[C@H]3C4)[C@@]12C. The van der Waals surface area contributed by atoms with E-state index in [1.165, 1.54) is 23.6 Å². The summed E-state index contributed by atoms with van der Waals surface area (Å²) in [5.41, 5.74) is 5.35. The summed E-state index contributed by atoms with van der Waals surface area (Å²) in [7, 11) is 3.82. The molecule has 0 radical (unpaired) electrons. The van der Waals surface area contributed by atoms with Crippen LogP contribution in [0.15, 0.2) is 36.4 Å². The molecule has 12 rings (SSSR count). The number of allylic oxidation sites excluding steroid dienone is 2. The Kier molecular flexibility index (Phi) is 3.32. The Balaban J connectivity index is 1.00. The number of hydrogen-bond acceptors (Lipinski definition) is 2. The molecular weight excluding hydrogens is 500 g/mol. The Morgan fingerprint density at radius 1 is 0.537 bits per heavy atom. The van der Waals surface area contributed by atoms with E-state index >= 15 is 0 Å². The van der Waals surface area contributed by atoms with E-state index in [9.17, 15) is 0 Å². The lowest BCUT2D eigenvalue weighted by Gasteiger charge is -2.90. The van der Waals surface area contributed by atoms with Crippen molar-refractivity contribution in [2.24, 2.45) is 92.7 Å². The molecule has 0 saturated heterocycles. The highest BCUT2D eigenvalue weighted by atomic mass is 16.5. The van der Waals surface area contributed by atoms with Crippen molar-refractivity contribution in [3.63, 3.8) is 0 Å². The van der Waals surface area contributed by atoms with E-state index in [1.807, 2.05) is 14.2 Å². The molecule has 0 amide bonds. The summed E-state index contributed by atoms with van der Waals surface area (Å²) in [5.74, 6) is 15.1. The van der Waals surface area contributed by atoms with Gasteiger partial charge in [0.05, 0.1) is 14.2 Å². The van der Waals surface area contributed by atoms with Crippen LogP contribution >= 0.6 is 0 Å². The van der Waals surface area contributed by atoms with Crippen LogP contribution in [0.4, 0.5) is 0 Å². The molecule has 2 nitrogen and oxygen atoms in total. The molecule has 8 saturated carbocycles. The molecule has 6 bridgehead atoms. The van der Waals surface area contributed by atoms with Gasteiger partial charge in [0.15, 0.2) is 0 Å². The quantitative estimate of drug-likeness (QED) is 0.215. The molecular formula is C39H44O2. The van der Waals surface area contributed by atoms with Crippen LogP contribution < -0.4 is 9.47 Å². The smallest absolute Gasteiger partial charge is 0.130 e. The number of ether oxygens (including phenoxy) is 2. The summed E-state index contributed by atoms with van der Waals surface area (Å²) in [6.07, 6.45) is 9.69. The lowest BCUT2D eigenvalue weighted by molar-refractivity contribution is -0.433. The topological polar surface area (TPSA) is 18.5 Å². The van der Waals surface area contributed by atoms with Crippen LogP contribution in [0.5, 0.6) is 11.5 Å². The molecule has 10 aliphatic carbocycles. The number of fused-ring (bicyclic) bond motifs is 32. The Labute approximate surface area is 244 Å². The van der Waals surface area contributed by atoms with E-state index in [0.29, 0.717) is 33.5 Å². The van der Waals surface area contributed by atoms with Gasteiger partial charge in [-0.2, -0.15) is 0 Å². The summed E-state index contributed by atoms with van der Waals surface area (Å²) < 4.78 is 12.6. The maximum absolute atomic E-state index is 6.31. The second-order valence-electron chi connectivity index (χ2n) is 17.7. The van der Waals surface area contributed by atoms with Gasteiger partial charge in [-0.15, -0.1) is 0 Å². The maximum atomic E-state index is 6.31. The van der Waals surface area contributed by atoms with Gasteiger partial charge in [-0.3, -0.25) is 0 Å². The van der Waals surface area contributed by atoms with Gasteiger partial charge in [0.2, 0.25) is 0 Å². The van der Waals surface area contributed by atoms with Crippen molar-refractivity contribution in [3.05, 3.63) is 47.5 Å². The Morgan fingerprint density at radius 2 is 0.951 bits per heavy atom. The first-order valence-corrected chi connectivity index (χ1v) is 17.1. The fourth-order valence-electron chi connectivity index (χ4n) is 18.4. The van der Waals surface area contributed by atoms with Crippen molar-refractivity contribution >= 4 is 10.8 Å². The third kappa shape index (κ3) is 1.67. The van der Waals surface area contributed by atoms with Gasteiger partial charge in [-0.1, -0.05) is 64.1 Å². The lowest BCUT2D eigenvalue weighted by Crippen LogP contribution is -2.87. The Hall–Kier alpha value is -1.96. The summed E-state index contributed by atoms with van der Waals surface area (Å²) in [5, 5.41) is 2.50. The van der Waals surface area contributed by atoms with Gasteiger partial charge >= 0.3 is 0 Å². The molecule has 0 N–H and O–H groups in total. The molecule has 0 aromatic heterocycles. The molecule has 10 aliphatic rings. The number of methoxy groups -OCH3 is 2. The third-order valence-electron chi connectivity index (χ3n) is 18.6. The highest BCUT2D eigenvalue weighted by Crippen LogP contribution is 3.00.